The van der Waals surface area contributed by atoms with Crippen LogP contribution in [0.1, 0.15) is 44.2 Å². The van der Waals surface area contributed by atoms with E-state index in [1.807, 2.05) is 0 Å². The Balaban J connectivity index is 2.02. The molecule has 1 aliphatic heterocycles. The molecule has 0 bridgehead atoms. The smallest absolute Gasteiger partial charge is 0.0732 e. The summed E-state index contributed by atoms with van der Waals surface area (Å²) in [6, 6.07) is 8.09. The molecule has 3 N–H and O–H groups in total. The van der Waals surface area contributed by atoms with Gasteiger partial charge in [-0.25, -0.2) is 0 Å². The lowest BCUT2D eigenvalue weighted by molar-refractivity contribution is 0.134. The van der Waals surface area contributed by atoms with E-state index in [0.29, 0.717) is 0 Å². The normalized spacial score (nSPS) is 18.9. The van der Waals surface area contributed by atoms with E-state index >= 15 is 0 Å². The maximum Gasteiger partial charge on any atom is 0.0732 e. The molecule has 1 aromatic carbocycles. The molecule has 0 aromatic heterocycles. The minimum absolute atomic E-state index is 0.266. The summed E-state index contributed by atoms with van der Waals surface area (Å²) < 4.78 is 0. The van der Waals surface area contributed by atoms with Crippen LogP contribution in [0.4, 0.5) is 5.69 Å². The van der Waals surface area contributed by atoms with Crippen LogP contribution in [-0.2, 0) is 0 Å². The number of aliphatic hydroxyl groups excluding tert-OH is 1. The predicted molar refractivity (Wildman–Crippen MR) is 75.7 cm³/mol. The Kier molecular flexibility index (Phi) is 4.61. The van der Waals surface area contributed by atoms with Crippen molar-refractivity contribution in [1.29, 1.82) is 0 Å². The predicted octanol–water partition coefficient (Wildman–Crippen LogP) is 2.45. The van der Waals surface area contributed by atoms with Gasteiger partial charge in [-0.1, -0.05) is 25.5 Å². The molecule has 2 atom stereocenters. The van der Waals surface area contributed by atoms with Gasteiger partial charge in [0.15, 0.2) is 0 Å². The second kappa shape index (κ2) is 6.21. The average molecular weight is 248 g/mol. The molecule has 3 heteroatoms. The first kappa shape index (κ1) is 13.4. The van der Waals surface area contributed by atoms with Gasteiger partial charge in [-0.05, 0) is 37.0 Å². The summed E-state index contributed by atoms with van der Waals surface area (Å²) in [5.41, 5.74) is 8.36. The molecule has 1 saturated heterocycles. The van der Waals surface area contributed by atoms with Gasteiger partial charge in [0, 0.05) is 18.8 Å². The first-order chi connectivity index (χ1) is 8.72. The fraction of sp³-hybridized carbons (Fsp3) is 0.600. The van der Waals surface area contributed by atoms with Crippen LogP contribution in [0.25, 0.3) is 0 Å². The molecule has 2 rings (SSSR count). The summed E-state index contributed by atoms with van der Waals surface area (Å²) in [5.74, 6) is 0. The zero-order chi connectivity index (χ0) is 13.0. The van der Waals surface area contributed by atoms with E-state index in [-0.39, 0.29) is 6.04 Å². The van der Waals surface area contributed by atoms with E-state index in [0.717, 1.165) is 31.5 Å². The summed E-state index contributed by atoms with van der Waals surface area (Å²) in [6.45, 7) is 4.38. The number of hydrogen-bond donors (Lipinski definition) is 2. The number of nitrogens with zero attached hydrogens (tertiary/aromatic N) is 1. The molecular weight excluding hydrogens is 224 g/mol. The van der Waals surface area contributed by atoms with Crippen LogP contribution >= 0.6 is 0 Å². The molecule has 1 heterocycles. The minimum atomic E-state index is -0.437. The maximum absolute atomic E-state index is 9.92. The van der Waals surface area contributed by atoms with Crippen molar-refractivity contribution in [2.24, 2.45) is 5.73 Å². The molecule has 1 fully saturated rings. The van der Waals surface area contributed by atoms with Crippen LogP contribution in [-0.4, -0.2) is 24.3 Å². The zero-order valence-electron chi connectivity index (χ0n) is 11.2. The van der Waals surface area contributed by atoms with Crippen molar-refractivity contribution in [3.05, 3.63) is 29.8 Å². The highest BCUT2D eigenvalue weighted by Gasteiger charge is 2.17. The number of benzene rings is 1. The first-order valence-corrected chi connectivity index (χ1v) is 7.01. The Labute approximate surface area is 110 Å². The molecule has 0 radical (unpaired) electrons. The van der Waals surface area contributed by atoms with Crippen LogP contribution in [0.2, 0.25) is 0 Å². The monoisotopic (exact) mass is 248 g/mol. The topological polar surface area (TPSA) is 49.5 Å². The number of aliphatic hydroxyl groups is 1. The van der Waals surface area contributed by atoms with Crippen molar-refractivity contribution < 1.29 is 5.11 Å². The fourth-order valence-corrected chi connectivity index (χ4v) is 2.58. The Morgan fingerprint density at radius 1 is 1.22 bits per heavy atom. The highest BCUT2D eigenvalue weighted by molar-refractivity contribution is 5.48. The highest BCUT2D eigenvalue weighted by Crippen LogP contribution is 2.24. The van der Waals surface area contributed by atoms with E-state index in [4.69, 9.17) is 5.73 Å². The second-order valence-corrected chi connectivity index (χ2v) is 5.17. The average Bonchev–Trinajstić information content (AvgIpc) is 2.92. The van der Waals surface area contributed by atoms with E-state index in [1.165, 1.54) is 18.5 Å². The first-order valence-electron chi connectivity index (χ1n) is 7.01. The molecule has 18 heavy (non-hydrogen) atoms. The molecule has 1 aromatic rings. The van der Waals surface area contributed by atoms with Crippen LogP contribution in [0.15, 0.2) is 24.3 Å². The van der Waals surface area contributed by atoms with Crippen LogP contribution in [0.5, 0.6) is 0 Å². The summed E-state index contributed by atoms with van der Waals surface area (Å²) in [6.07, 6.45) is 3.86. The molecule has 100 valence electrons. The Morgan fingerprint density at radius 3 is 2.39 bits per heavy atom. The molecule has 0 aliphatic carbocycles. The van der Waals surface area contributed by atoms with Crippen LogP contribution < -0.4 is 10.6 Å². The molecule has 0 saturated carbocycles. The number of rotatable bonds is 5. The minimum Gasteiger partial charge on any atom is -0.391 e. The SMILES string of the molecule is CCC[C@H](O)[C@H](N)c1ccc(N2CCCC2)cc1. The van der Waals surface area contributed by atoms with Gasteiger partial charge in [-0.15, -0.1) is 0 Å². The van der Waals surface area contributed by atoms with Crippen molar-refractivity contribution >= 4 is 5.69 Å². The van der Waals surface area contributed by atoms with Gasteiger partial charge in [-0.2, -0.15) is 0 Å². The van der Waals surface area contributed by atoms with Crippen molar-refractivity contribution in [2.45, 2.75) is 44.8 Å². The fourth-order valence-electron chi connectivity index (χ4n) is 2.58. The van der Waals surface area contributed by atoms with E-state index in [2.05, 4.69) is 36.1 Å². The van der Waals surface area contributed by atoms with E-state index in [9.17, 15) is 5.11 Å². The van der Waals surface area contributed by atoms with E-state index in [1.54, 1.807) is 0 Å². The van der Waals surface area contributed by atoms with Gasteiger partial charge in [0.25, 0.3) is 0 Å². The Hall–Kier alpha value is -1.06. The number of hydrogen-bond acceptors (Lipinski definition) is 3. The number of nitrogens with two attached hydrogens (primary N) is 1. The molecule has 3 nitrogen and oxygen atoms in total. The third kappa shape index (κ3) is 3.03. The highest BCUT2D eigenvalue weighted by atomic mass is 16.3. The molecule has 0 unspecified atom stereocenters. The maximum atomic E-state index is 9.92. The second-order valence-electron chi connectivity index (χ2n) is 5.17. The van der Waals surface area contributed by atoms with Crippen molar-refractivity contribution in [3.8, 4) is 0 Å². The largest absolute Gasteiger partial charge is 0.391 e. The standard InChI is InChI=1S/C15H24N2O/c1-2-5-14(18)15(16)12-6-8-13(9-7-12)17-10-3-4-11-17/h6-9,14-15,18H,2-5,10-11,16H2,1H3/t14-,15+/m0/s1. The molecule has 0 spiro atoms. The third-order valence-electron chi connectivity index (χ3n) is 3.75. The van der Waals surface area contributed by atoms with Crippen LogP contribution in [0, 0.1) is 0 Å². The quantitative estimate of drug-likeness (QED) is 0.841. The van der Waals surface area contributed by atoms with Gasteiger partial charge < -0.3 is 15.7 Å². The summed E-state index contributed by atoms with van der Waals surface area (Å²) in [5, 5.41) is 9.92. The number of anilines is 1. The van der Waals surface area contributed by atoms with Crippen LogP contribution in [0.3, 0.4) is 0 Å². The molecule has 0 amide bonds. The van der Waals surface area contributed by atoms with Gasteiger partial charge in [0.2, 0.25) is 0 Å². The lowest BCUT2D eigenvalue weighted by atomic mass is 9.99. The summed E-state index contributed by atoms with van der Waals surface area (Å²) in [4.78, 5) is 2.40. The van der Waals surface area contributed by atoms with Gasteiger partial charge in [0.05, 0.1) is 12.1 Å². The molecule has 1 aliphatic rings. The summed E-state index contributed by atoms with van der Waals surface area (Å²) >= 11 is 0. The van der Waals surface area contributed by atoms with Crippen molar-refractivity contribution in [3.63, 3.8) is 0 Å². The van der Waals surface area contributed by atoms with E-state index < -0.39 is 6.10 Å². The summed E-state index contributed by atoms with van der Waals surface area (Å²) in [7, 11) is 0. The zero-order valence-corrected chi connectivity index (χ0v) is 11.2. The van der Waals surface area contributed by atoms with Crippen molar-refractivity contribution in [1.82, 2.24) is 0 Å². The van der Waals surface area contributed by atoms with Gasteiger partial charge in [0.1, 0.15) is 0 Å². The third-order valence-corrected chi connectivity index (χ3v) is 3.75. The molecular formula is C15H24N2O. The Morgan fingerprint density at radius 2 is 1.83 bits per heavy atom. The van der Waals surface area contributed by atoms with Crippen molar-refractivity contribution in [2.75, 3.05) is 18.0 Å². The Bertz CT molecular complexity index is 357. The lowest BCUT2D eigenvalue weighted by Crippen LogP contribution is -2.26. The lowest BCUT2D eigenvalue weighted by Gasteiger charge is -2.21. The van der Waals surface area contributed by atoms with Gasteiger partial charge >= 0.3 is 0 Å². The van der Waals surface area contributed by atoms with Gasteiger partial charge in [-0.3, -0.25) is 0 Å².